The first-order valence-corrected chi connectivity index (χ1v) is 12.8. The summed E-state index contributed by atoms with van der Waals surface area (Å²) in [7, 11) is 0. The van der Waals surface area contributed by atoms with Crippen LogP contribution in [0.1, 0.15) is 24.8 Å². The average molecular weight is 533 g/mol. The zero-order chi connectivity index (χ0) is 25.3. The van der Waals surface area contributed by atoms with Crippen LogP contribution >= 0.6 is 23.2 Å². The Morgan fingerprint density at radius 3 is 2.53 bits per heavy atom. The monoisotopic (exact) mass is 532 g/mol. The maximum atomic E-state index is 12.6. The molecule has 10 heteroatoms. The van der Waals surface area contributed by atoms with Gasteiger partial charge in [-0.15, -0.1) is 0 Å². The number of carbonyl (C=O) groups is 2. The molecular weight excluding hydrogens is 503 g/mol. The summed E-state index contributed by atoms with van der Waals surface area (Å²) >= 11 is 11.9. The van der Waals surface area contributed by atoms with Gasteiger partial charge in [0.1, 0.15) is 0 Å². The summed E-state index contributed by atoms with van der Waals surface area (Å²) in [5, 5.41) is 6.79. The first-order chi connectivity index (χ1) is 17.5. The Kier molecular flexibility index (Phi) is 9.33. The van der Waals surface area contributed by atoms with Crippen LogP contribution in [0.25, 0.3) is 6.08 Å². The van der Waals surface area contributed by atoms with Crippen molar-refractivity contribution in [3.63, 3.8) is 0 Å². The molecule has 0 aromatic heterocycles. The number of unbranched alkanes of at least 4 members (excludes halogenated alkanes) is 2. The number of amides is 3. The van der Waals surface area contributed by atoms with Gasteiger partial charge in [0.2, 0.25) is 12.7 Å². The number of benzene rings is 2. The zero-order valence-electron chi connectivity index (χ0n) is 20.0. The third-order valence-electron chi connectivity index (χ3n) is 6.10. The van der Waals surface area contributed by atoms with Gasteiger partial charge in [-0.3, -0.25) is 9.69 Å². The quantitative estimate of drug-likeness (QED) is 0.355. The van der Waals surface area contributed by atoms with Crippen LogP contribution < -0.4 is 20.1 Å². The molecule has 3 amide bonds. The average Bonchev–Trinajstić information content (AvgIpc) is 3.35. The lowest BCUT2D eigenvalue weighted by Gasteiger charge is -2.34. The number of ether oxygens (including phenoxy) is 2. The lowest BCUT2D eigenvalue weighted by atomic mass is 10.2. The van der Waals surface area contributed by atoms with Gasteiger partial charge in [0, 0.05) is 50.6 Å². The fourth-order valence-electron chi connectivity index (χ4n) is 4.05. The van der Waals surface area contributed by atoms with Gasteiger partial charge in [0.25, 0.3) is 0 Å². The summed E-state index contributed by atoms with van der Waals surface area (Å²) in [6.07, 6.45) is 6.22. The fourth-order valence-corrected chi connectivity index (χ4v) is 4.35. The van der Waals surface area contributed by atoms with Gasteiger partial charge in [-0.25, -0.2) is 4.79 Å². The maximum Gasteiger partial charge on any atom is 0.321 e. The van der Waals surface area contributed by atoms with E-state index in [0.717, 1.165) is 44.5 Å². The number of rotatable bonds is 9. The summed E-state index contributed by atoms with van der Waals surface area (Å²) in [5.41, 5.74) is 1.52. The molecule has 2 aromatic rings. The summed E-state index contributed by atoms with van der Waals surface area (Å²) in [5.74, 6) is 1.22. The van der Waals surface area contributed by atoms with E-state index in [4.69, 9.17) is 32.7 Å². The third kappa shape index (κ3) is 7.53. The molecule has 0 spiro atoms. The summed E-state index contributed by atoms with van der Waals surface area (Å²) in [4.78, 5) is 28.8. The Morgan fingerprint density at radius 1 is 0.917 bits per heavy atom. The Balaban J connectivity index is 1.05. The van der Waals surface area contributed by atoms with Crippen molar-refractivity contribution in [1.29, 1.82) is 0 Å². The molecule has 2 aliphatic heterocycles. The smallest absolute Gasteiger partial charge is 0.321 e. The Labute approximate surface area is 221 Å². The number of nitrogens with zero attached hydrogens (tertiary/aromatic N) is 2. The maximum absolute atomic E-state index is 12.6. The molecule has 2 heterocycles. The number of carbonyl (C=O) groups excluding carboxylic acids is 2. The first kappa shape index (κ1) is 26.1. The minimum absolute atomic E-state index is 0.0996. The molecule has 0 saturated carbocycles. The molecule has 36 heavy (non-hydrogen) atoms. The molecule has 2 N–H and O–H groups in total. The van der Waals surface area contributed by atoms with Crippen LogP contribution in [0.2, 0.25) is 10.0 Å². The highest BCUT2D eigenvalue weighted by molar-refractivity contribution is 6.42. The van der Waals surface area contributed by atoms with E-state index in [0.29, 0.717) is 46.9 Å². The van der Waals surface area contributed by atoms with Crippen molar-refractivity contribution >= 4 is 46.9 Å². The molecule has 1 fully saturated rings. The Bertz CT molecular complexity index is 1100. The minimum Gasteiger partial charge on any atom is -0.454 e. The Morgan fingerprint density at radius 2 is 1.72 bits per heavy atom. The van der Waals surface area contributed by atoms with E-state index < -0.39 is 0 Å². The van der Waals surface area contributed by atoms with Crippen molar-refractivity contribution in [2.24, 2.45) is 0 Å². The van der Waals surface area contributed by atoms with Crippen LogP contribution in [0, 0.1) is 0 Å². The predicted molar refractivity (Wildman–Crippen MR) is 142 cm³/mol. The second-order valence-corrected chi connectivity index (χ2v) is 9.50. The number of nitrogens with one attached hydrogen (secondary N) is 2. The van der Waals surface area contributed by atoms with E-state index in [2.05, 4.69) is 15.5 Å². The number of halogens is 2. The molecule has 0 unspecified atom stereocenters. The van der Waals surface area contributed by atoms with Gasteiger partial charge < -0.3 is 25.0 Å². The highest BCUT2D eigenvalue weighted by Gasteiger charge is 2.21. The molecule has 192 valence electrons. The number of anilines is 1. The molecule has 2 aliphatic rings. The van der Waals surface area contributed by atoms with Crippen molar-refractivity contribution < 1.29 is 19.1 Å². The third-order valence-corrected chi connectivity index (χ3v) is 6.84. The second kappa shape index (κ2) is 12.9. The molecule has 8 nitrogen and oxygen atoms in total. The largest absolute Gasteiger partial charge is 0.454 e. The number of hydrogen-bond donors (Lipinski definition) is 2. The molecule has 4 rings (SSSR count). The van der Waals surface area contributed by atoms with Crippen LogP contribution in [-0.2, 0) is 4.79 Å². The number of hydrogen-bond acceptors (Lipinski definition) is 5. The van der Waals surface area contributed by atoms with Gasteiger partial charge in [0.15, 0.2) is 11.5 Å². The second-order valence-electron chi connectivity index (χ2n) is 8.69. The highest BCUT2D eigenvalue weighted by Crippen LogP contribution is 2.34. The molecule has 2 aromatic carbocycles. The molecule has 0 atom stereocenters. The lowest BCUT2D eigenvalue weighted by Crippen LogP contribution is -2.50. The SMILES string of the molecule is O=C(/C=C/c1ccc(Cl)c(Cl)c1)NCCCCCN1CCN(C(=O)Nc2ccc3c(c2)OCO3)CC1. The summed E-state index contributed by atoms with van der Waals surface area (Å²) in [6, 6.07) is 10.5. The van der Waals surface area contributed by atoms with E-state index >= 15 is 0 Å². The molecule has 0 aliphatic carbocycles. The predicted octanol–water partition coefficient (Wildman–Crippen LogP) is 4.87. The lowest BCUT2D eigenvalue weighted by molar-refractivity contribution is -0.116. The first-order valence-electron chi connectivity index (χ1n) is 12.1. The van der Waals surface area contributed by atoms with Crippen molar-refractivity contribution in [3.05, 3.63) is 58.1 Å². The number of piperazine rings is 1. The Hall–Kier alpha value is -2.94. The number of urea groups is 1. The highest BCUT2D eigenvalue weighted by atomic mass is 35.5. The topological polar surface area (TPSA) is 83.1 Å². The normalized spacial score (nSPS) is 15.3. The van der Waals surface area contributed by atoms with E-state index in [1.54, 1.807) is 30.3 Å². The fraction of sp³-hybridized carbons (Fsp3) is 0.385. The van der Waals surface area contributed by atoms with Crippen molar-refractivity contribution in [2.75, 3.05) is 51.4 Å². The van der Waals surface area contributed by atoms with Crippen LogP contribution in [0.3, 0.4) is 0 Å². The molecular formula is C26H30Cl2N4O4. The van der Waals surface area contributed by atoms with E-state index in [1.165, 1.54) is 6.08 Å². The van der Waals surface area contributed by atoms with Gasteiger partial charge in [-0.2, -0.15) is 0 Å². The van der Waals surface area contributed by atoms with Crippen LogP contribution in [-0.4, -0.2) is 67.8 Å². The van der Waals surface area contributed by atoms with Gasteiger partial charge in [-0.05, 0) is 55.3 Å². The van der Waals surface area contributed by atoms with Crippen LogP contribution in [0.5, 0.6) is 11.5 Å². The van der Waals surface area contributed by atoms with Gasteiger partial charge in [0.05, 0.1) is 10.0 Å². The van der Waals surface area contributed by atoms with Gasteiger partial charge >= 0.3 is 6.03 Å². The van der Waals surface area contributed by atoms with E-state index in [1.807, 2.05) is 17.0 Å². The zero-order valence-corrected chi connectivity index (χ0v) is 21.5. The molecule has 0 radical (unpaired) electrons. The summed E-state index contributed by atoms with van der Waals surface area (Å²) < 4.78 is 10.7. The van der Waals surface area contributed by atoms with Crippen molar-refractivity contribution in [2.45, 2.75) is 19.3 Å². The van der Waals surface area contributed by atoms with Gasteiger partial charge in [-0.1, -0.05) is 35.7 Å². The molecule has 1 saturated heterocycles. The van der Waals surface area contributed by atoms with Crippen LogP contribution in [0.15, 0.2) is 42.5 Å². The van der Waals surface area contributed by atoms with E-state index in [9.17, 15) is 9.59 Å². The minimum atomic E-state index is -0.129. The standard InChI is InChI=1S/C26H30Cl2N4O4/c27-21-7-4-19(16-22(21)28)5-9-25(33)29-10-2-1-3-11-31-12-14-32(15-13-31)26(34)30-20-6-8-23-24(17-20)36-18-35-23/h4-9,16-17H,1-3,10-15,18H2,(H,29,33)(H,30,34)/b9-5+. The van der Waals surface area contributed by atoms with Crippen molar-refractivity contribution in [3.8, 4) is 11.5 Å². The van der Waals surface area contributed by atoms with Crippen molar-refractivity contribution in [1.82, 2.24) is 15.1 Å². The number of fused-ring (bicyclic) bond motifs is 1. The summed E-state index contributed by atoms with van der Waals surface area (Å²) in [6.45, 7) is 4.92. The van der Waals surface area contributed by atoms with E-state index in [-0.39, 0.29) is 18.7 Å². The molecule has 0 bridgehead atoms. The van der Waals surface area contributed by atoms with Crippen LogP contribution in [0.4, 0.5) is 10.5 Å².